The van der Waals surface area contributed by atoms with Gasteiger partial charge in [0, 0.05) is 6.42 Å². The molecular formula is C17H34O2. The highest BCUT2D eigenvalue weighted by Crippen LogP contribution is 2.29. The fraction of sp³-hybridized carbons (Fsp3) is 0.941. The van der Waals surface area contributed by atoms with Crippen LogP contribution in [0.25, 0.3) is 0 Å². The average Bonchev–Trinajstić information content (AvgIpc) is 2.31. The van der Waals surface area contributed by atoms with E-state index < -0.39 is 5.97 Å². The normalized spacial score (nSPS) is 11.7. The first-order valence-corrected chi connectivity index (χ1v) is 8.20. The highest BCUT2D eigenvalue weighted by Gasteiger charge is 2.15. The van der Waals surface area contributed by atoms with Crippen molar-refractivity contribution in [2.24, 2.45) is 5.41 Å². The third kappa shape index (κ3) is 13.7. The number of hydrogen-bond acceptors (Lipinski definition) is 1. The van der Waals surface area contributed by atoms with Gasteiger partial charge in [0.2, 0.25) is 0 Å². The van der Waals surface area contributed by atoms with Crippen LogP contribution in [0, 0.1) is 5.41 Å². The van der Waals surface area contributed by atoms with Gasteiger partial charge in [-0.25, -0.2) is 0 Å². The molecule has 1 N–H and O–H groups in total. The standard InChI is InChI=1S/C17H34O2/c1-4-14-17(2,3)15-12-10-8-6-5-7-9-11-13-16(18)19/h4-15H2,1-3H3,(H,18,19). The Morgan fingerprint density at radius 1 is 0.842 bits per heavy atom. The van der Waals surface area contributed by atoms with Gasteiger partial charge in [0.15, 0.2) is 0 Å². The molecule has 0 aliphatic carbocycles. The molecule has 19 heavy (non-hydrogen) atoms. The minimum atomic E-state index is -0.658. The smallest absolute Gasteiger partial charge is 0.303 e. The molecule has 114 valence electrons. The van der Waals surface area contributed by atoms with E-state index in [-0.39, 0.29) is 0 Å². The van der Waals surface area contributed by atoms with E-state index in [0.717, 1.165) is 12.8 Å². The minimum Gasteiger partial charge on any atom is -0.481 e. The Morgan fingerprint density at radius 2 is 1.32 bits per heavy atom. The van der Waals surface area contributed by atoms with Crippen molar-refractivity contribution < 1.29 is 9.90 Å². The maximum absolute atomic E-state index is 10.3. The van der Waals surface area contributed by atoms with Gasteiger partial charge in [-0.15, -0.1) is 0 Å². The predicted octanol–water partition coefficient (Wildman–Crippen LogP) is 5.80. The number of unbranched alkanes of at least 4 members (excludes halogenated alkanes) is 7. The first kappa shape index (κ1) is 18.5. The molecule has 0 aliphatic heterocycles. The van der Waals surface area contributed by atoms with Gasteiger partial charge in [0.25, 0.3) is 0 Å². The summed E-state index contributed by atoms with van der Waals surface area (Å²) in [6, 6.07) is 0. The zero-order valence-corrected chi connectivity index (χ0v) is 13.3. The Hall–Kier alpha value is -0.530. The fourth-order valence-corrected chi connectivity index (χ4v) is 2.74. The average molecular weight is 270 g/mol. The quantitative estimate of drug-likeness (QED) is 0.429. The van der Waals surface area contributed by atoms with Crippen LogP contribution in [0.2, 0.25) is 0 Å². The molecule has 0 aromatic heterocycles. The number of hydrogen-bond donors (Lipinski definition) is 1. The number of carboxylic acid groups (broad SMARTS) is 1. The van der Waals surface area contributed by atoms with Crippen molar-refractivity contribution in [3.05, 3.63) is 0 Å². The molecule has 0 aromatic carbocycles. The van der Waals surface area contributed by atoms with Crippen molar-refractivity contribution in [3.8, 4) is 0 Å². The van der Waals surface area contributed by atoms with E-state index in [1.807, 2.05) is 0 Å². The molecular weight excluding hydrogens is 236 g/mol. The predicted molar refractivity (Wildman–Crippen MR) is 82.5 cm³/mol. The number of carboxylic acids is 1. The Bertz CT molecular complexity index is 221. The van der Waals surface area contributed by atoms with E-state index in [9.17, 15) is 4.79 Å². The molecule has 2 heteroatoms. The van der Waals surface area contributed by atoms with Gasteiger partial charge in [-0.05, 0) is 24.7 Å². The molecule has 0 spiro atoms. The summed E-state index contributed by atoms with van der Waals surface area (Å²) in [5.41, 5.74) is 0.533. The lowest BCUT2D eigenvalue weighted by molar-refractivity contribution is -0.137. The van der Waals surface area contributed by atoms with Gasteiger partial charge in [-0.2, -0.15) is 0 Å². The molecule has 2 nitrogen and oxygen atoms in total. The molecule has 0 amide bonds. The van der Waals surface area contributed by atoms with Crippen molar-refractivity contribution in [2.45, 2.75) is 97.8 Å². The SMILES string of the molecule is CCCC(C)(C)CCCCCCCCCCC(=O)O. The molecule has 0 heterocycles. The van der Waals surface area contributed by atoms with Crippen molar-refractivity contribution in [3.63, 3.8) is 0 Å². The summed E-state index contributed by atoms with van der Waals surface area (Å²) >= 11 is 0. The van der Waals surface area contributed by atoms with Crippen molar-refractivity contribution in [1.29, 1.82) is 0 Å². The highest BCUT2D eigenvalue weighted by atomic mass is 16.4. The first-order valence-electron chi connectivity index (χ1n) is 8.20. The van der Waals surface area contributed by atoms with Gasteiger partial charge >= 0.3 is 5.97 Å². The van der Waals surface area contributed by atoms with Gasteiger partial charge in [-0.3, -0.25) is 4.79 Å². The van der Waals surface area contributed by atoms with Gasteiger partial charge in [0.05, 0.1) is 0 Å². The van der Waals surface area contributed by atoms with Crippen LogP contribution >= 0.6 is 0 Å². The molecule has 0 saturated carbocycles. The van der Waals surface area contributed by atoms with Crippen molar-refractivity contribution in [2.75, 3.05) is 0 Å². The molecule has 0 fully saturated rings. The van der Waals surface area contributed by atoms with E-state index in [2.05, 4.69) is 20.8 Å². The maximum Gasteiger partial charge on any atom is 0.303 e. The van der Waals surface area contributed by atoms with Crippen LogP contribution in [-0.4, -0.2) is 11.1 Å². The van der Waals surface area contributed by atoms with Crippen molar-refractivity contribution >= 4 is 5.97 Å². The lowest BCUT2D eigenvalue weighted by atomic mass is 9.83. The van der Waals surface area contributed by atoms with E-state index in [1.165, 1.54) is 57.8 Å². The second-order valence-electron chi connectivity index (χ2n) is 6.64. The van der Waals surface area contributed by atoms with Crippen LogP contribution in [0.1, 0.15) is 97.8 Å². The second kappa shape index (κ2) is 11.3. The Morgan fingerprint density at radius 3 is 1.79 bits per heavy atom. The molecule has 0 aromatic rings. The van der Waals surface area contributed by atoms with E-state index in [4.69, 9.17) is 5.11 Å². The molecule has 0 bridgehead atoms. The molecule has 0 rings (SSSR count). The Labute approximate surface area is 120 Å². The summed E-state index contributed by atoms with van der Waals surface area (Å²) in [5.74, 6) is -0.658. The Balaban J connectivity index is 3.21. The first-order chi connectivity index (χ1) is 8.98. The van der Waals surface area contributed by atoms with Crippen LogP contribution in [0.5, 0.6) is 0 Å². The van der Waals surface area contributed by atoms with Crippen LogP contribution in [0.4, 0.5) is 0 Å². The summed E-state index contributed by atoms with van der Waals surface area (Å²) < 4.78 is 0. The summed E-state index contributed by atoms with van der Waals surface area (Å²) in [6.07, 6.45) is 14.1. The molecule has 0 unspecified atom stereocenters. The van der Waals surface area contributed by atoms with Gasteiger partial charge < -0.3 is 5.11 Å². The maximum atomic E-state index is 10.3. The van der Waals surface area contributed by atoms with Crippen LogP contribution in [-0.2, 0) is 4.79 Å². The van der Waals surface area contributed by atoms with Crippen molar-refractivity contribution in [1.82, 2.24) is 0 Å². The Kier molecular flexibility index (Phi) is 11.0. The van der Waals surface area contributed by atoms with E-state index in [1.54, 1.807) is 0 Å². The minimum absolute atomic E-state index is 0.340. The lowest BCUT2D eigenvalue weighted by Gasteiger charge is -2.23. The van der Waals surface area contributed by atoms with Gasteiger partial charge in [-0.1, -0.05) is 72.1 Å². The zero-order chi connectivity index (χ0) is 14.6. The topological polar surface area (TPSA) is 37.3 Å². The van der Waals surface area contributed by atoms with Crippen LogP contribution in [0.15, 0.2) is 0 Å². The third-order valence-electron chi connectivity index (χ3n) is 3.92. The molecule has 0 radical (unpaired) electrons. The van der Waals surface area contributed by atoms with Crippen LogP contribution < -0.4 is 0 Å². The zero-order valence-electron chi connectivity index (χ0n) is 13.3. The number of rotatable bonds is 13. The highest BCUT2D eigenvalue weighted by molar-refractivity contribution is 5.66. The summed E-state index contributed by atoms with van der Waals surface area (Å²) in [6.45, 7) is 7.05. The third-order valence-corrected chi connectivity index (χ3v) is 3.92. The molecule has 0 aliphatic rings. The molecule has 0 atom stereocenters. The van der Waals surface area contributed by atoms with E-state index in [0.29, 0.717) is 11.8 Å². The van der Waals surface area contributed by atoms with E-state index >= 15 is 0 Å². The number of aliphatic carboxylic acids is 1. The summed E-state index contributed by atoms with van der Waals surface area (Å²) in [7, 11) is 0. The largest absolute Gasteiger partial charge is 0.481 e. The molecule has 0 saturated heterocycles. The fourth-order valence-electron chi connectivity index (χ4n) is 2.74. The summed E-state index contributed by atoms with van der Waals surface area (Å²) in [4.78, 5) is 10.3. The summed E-state index contributed by atoms with van der Waals surface area (Å²) in [5, 5.41) is 8.52. The van der Waals surface area contributed by atoms with Crippen LogP contribution in [0.3, 0.4) is 0 Å². The van der Waals surface area contributed by atoms with Gasteiger partial charge in [0.1, 0.15) is 0 Å². The second-order valence-corrected chi connectivity index (χ2v) is 6.64. The monoisotopic (exact) mass is 270 g/mol. The lowest BCUT2D eigenvalue weighted by Crippen LogP contribution is -2.10. The number of carbonyl (C=O) groups is 1.